The van der Waals surface area contributed by atoms with E-state index >= 15 is 0 Å². The van der Waals surface area contributed by atoms with Crippen LogP contribution in [0.3, 0.4) is 0 Å². The number of rotatable bonds is 3. The van der Waals surface area contributed by atoms with Crippen LogP contribution in [0.5, 0.6) is 0 Å². The van der Waals surface area contributed by atoms with E-state index in [1.54, 1.807) is 0 Å². The van der Waals surface area contributed by atoms with Crippen LogP contribution in [0, 0.1) is 17.8 Å². The summed E-state index contributed by atoms with van der Waals surface area (Å²) in [5, 5.41) is 3.28. The number of amides is 1. The van der Waals surface area contributed by atoms with Crippen molar-refractivity contribution >= 4 is 5.91 Å². The number of nitrogens with one attached hydrogen (secondary N) is 1. The summed E-state index contributed by atoms with van der Waals surface area (Å²) in [6, 6.07) is 0.470. The molecule has 3 nitrogen and oxygen atoms in total. The van der Waals surface area contributed by atoms with E-state index < -0.39 is 0 Å². The van der Waals surface area contributed by atoms with Crippen molar-refractivity contribution in [1.82, 2.24) is 5.32 Å². The van der Waals surface area contributed by atoms with Gasteiger partial charge in [-0.05, 0) is 43.9 Å². The van der Waals surface area contributed by atoms with Crippen molar-refractivity contribution in [1.29, 1.82) is 0 Å². The van der Waals surface area contributed by atoms with Gasteiger partial charge in [-0.2, -0.15) is 0 Å². The number of nitrogens with two attached hydrogens (primary N) is 1. The van der Waals surface area contributed by atoms with Gasteiger partial charge in [-0.25, -0.2) is 0 Å². The van der Waals surface area contributed by atoms with Crippen LogP contribution < -0.4 is 11.1 Å². The van der Waals surface area contributed by atoms with E-state index in [-0.39, 0.29) is 17.9 Å². The number of hydrogen-bond donors (Lipinski definition) is 2. The zero-order chi connectivity index (χ0) is 13.8. The second-order valence-corrected chi connectivity index (χ2v) is 6.83. The minimum absolute atomic E-state index is 0.0470. The Morgan fingerprint density at radius 3 is 2.74 bits per heavy atom. The monoisotopic (exact) mass is 266 g/mol. The van der Waals surface area contributed by atoms with E-state index in [1.807, 2.05) is 0 Å². The fourth-order valence-corrected chi connectivity index (χ4v) is 3.81. The van der Waals surface area contributed by atoms with Crippen LogP contribution in [0.2, 0.25) is 0 Å². The van der Waals surface area contributed by atoms with E-state index in [0.29, 0.717) is 12.0 Å². The molecule has 0 spiro atoms. The average Bonchev–Trinajstić information content (AvgIpc) is 2.41. The smallest absolute Gasteiger partial charge is 0.224 e. The molecule has 5 unspecified atom stereocenters. The highest BCUT2D eigenvalue weighted by Crippen LogP contribution is 2.30. The first-order valence-electron chi connectivity index (χ1n) is 8.16. The van der Waals surface area contributed by atoms with Crippen molar-refractivity contribution in [2.45, 2.75) is 77.3 Å². The van der Waals surface area contributed by atoms with Gasteiger partial charge in [0.25, 0.3) is 0 Å². The van der Waals surface area contributed by atoms with Gasteiger partial charge in [0.2, 0.25) is 5.91 Å². The Bertz CT molecular complexity index is 305. The molecule has 2 aliphatic rings. The van der Waals surface area contributed by atoms with Gasteiger partial charge in [-0.15, -0.1) is 0 Å². The molecule has 0 bridgehead atoms. The molecule has 2 saturated carbocycles. The lowest BCUT2D eigenvalue weighted by atomic mass is 9.78. The molecule has 0 aromatic heterocycles. The van der Waals surface area contributed by atoms with E-state index in [4.69, 9.17) is 5.73 Å². The van der Waals surface area contributed by atoms with E-state index in [9.17, 15) is 4.79 Å². The van der Waals surface area contributed by atoms with Crippen LogP contribution in [0.1, 0.15) is 65.2 Å². The van der Waals surface area contributed by atoms with Crippen molar-refractivity contribution < 1.29 is 4.79 Å². The lowest BCUT2D eigenvalue weighted by molar-refractivity contribution is -0.128. The Kier molecular flexibility index (Phi) is 5.26. The zero-order valence-electron chi connectivity index (χ0n) is 12.5. The Labute approximate surface area is 117 Å². The van der Waals surface area contributed by atoms with Gasteiger partial charge in [0, 0.05) is 12.1 Å². The predicted octanol–water partition coefficient (Wildman–Crippen LogP) is 2.83. The van der Waals surface area contributed by atoms with Gasteiger partial charge in [0.1, 0.15) is 0 Å². The van der Waals surface area contributed by atoms with Crippen LogP contribution in [0.4, 0.5) is 0 Å². The first-order chi connectivity index (χ1) is 9.10. The van der Waals surface area contributed by atoms with Crippen molar-refractivity contribution in [3.63, 3.8) is 0 Å². The fraction of sp³-hybridized carbons (Fsp3) is 0.938. The van der Waals surface area contributed by atoms with Crippen LogP contribution in [-0.2, 0) is 4.79 Å². The topological polar surface area (TPSA) is 55.1 Å². The third kappa shape index (κ3) is 3.95. The summed E-state index contributed by atoms with van der Waals surface area (Å²) in [5.74, 6) is 1.72. The lowest BCUT2D eigenvalue weighted by Gasteiger charge is -2.34. The van der Waals surface area contributed by atoms with Gasteiger partial charge in [0.15, 0.2) is 0 Å². The van der Waals surface area contributed by atoms with Gasteiger partial charge in [-0.3, -0.25) is 4.79 Å². The maximum atomic E-state index is 12.4. The van der Waals surface area contributed by atoms with Gasteiger partial charge in [-0.1, -0.05) is 33.1 Å². The summed E-state index contributed by atoms with van der Waals surface area (Å²) in [6.07, 6.45) is 9.30. The molecular formula is C16H30N2O. The number of hydrogen-bond acceptors (Lipinski definition) is 2. The van der Waals surface area contributed by atoms with Crippen molar-refractivity contribution in [2.24, 2.45) is 23.5 Å². The van der Waals surface area contributed by atoms with Crippen LogP contribution in [0.15, 0.2) is 0 Å². The van der Waals surface area contributed by atoms with E-state index in [2.05, 4.69) is 19.2 Å². The third-order valence-electron chi connectivity index (χ3n) is 5.21. The van der Waals surface area contributed by atoms with Crippen molar-refractivity contribution in [3.8, 4) is 0 Å². The normalized spacial score (nSPS) is 39.8. The predicted molar refractivity (Wildman–Crippen MR) is 78.7 cm³/mol. The highest BCUT2D eigenvalue weighted by atomic mass is 16.2. The molecule has 3 heteroatoms. The van der Waals surface area contributed by atoms with Crippen LogP contribution >= 0.6 is 0 Å². The SMILES string of the molecule is CCC1CCCC(NC(=O)C2CC(C)CCC2N)C1. The van der Waals surface area contributed by atoms with Crippen LogP contribution in [0.25, 0.3) is 0 Å². The molecular weight excluding hydrogens is 236 g/mol. The molecule has 19 heavy (non-hydrogen) atoms. The van der Waals surface area contributed by atoms with Gasteiger partial charge < -0.3 is 11.1 Å². The van der Waals surface area contributed by atoms with Gasteiger partial charge in [0.05, 0.1) is 5.92 Å². The Morgan fingerprint density at radius 1 is 1.21 bits per heavy atom. The highest BCUT2D eigenvalue weighted by molar-refractivity contribution is 5.79. The molecule has 1 amide bonds. The number of carbonyl (C=O) groups excluding carboxylic acids is 1. The quantitative estimate of drug-likeness (QED) is 0.825. The zero-order valence-corrected chi connectivity index (χ0v) is 12.5. The Hall–Kier alpha value is -0.570. The highest BCUT2D eigenvalue weighted by Gasteiger charge is 2.33. The molecule has 0 heterocycles. The second kappa shape index (κ2) is 6.74. The molecule has 0 aromatic carbocycles. The molecule has 3 N–H and O–H groups in total. The fourth-order valence-electron chi connectivity index (χ4n) is 3.81. The first-order valence-corrected chi connectivity index (χ1v) is 8.16. The first kappa shape index (κ1) is 14.8. The molecule has 0 aromatic rings. The summed E-state index contributed by atoms with van der Waals surface area (Å²) < 4.78 is 0. The molecule has 0 aliphatic heterocycles. The van der Waals surface area contributed by atoms with Crippen molar-refractivity contribution in [3.05, 3.63) is 0 Å². The molecule has 5 atom stereocenters. The maximum Gasteiger partial charge on any atom is 0.224 e. The van der Waals surface area contributed by atoms with E-state index in [0.717, 1.165) is 25.2 Å². The molecule has 2 fully saturated rings. The van der Waals surface area contributed by atoms with Crippen LogP contribution in [-0.4, -0.2) is 18.0 Å². The lowest BCUT2D eigenvalue weighted by Crippen LogP contribution is -2.48. The van der Waals surface area contributed by atoms with Gasteiger partial charge >= 0.3 is 0 Å². The standard InChI is InChI=1S/C16H30N2O/c1-3-12-5-4-6-13(10-12)18-16(19)14-9-11(2)7-8-15(14)17/h11-15H,3-10,17H2,1-2H3,(H,18,19). The molecule has 2 aliphatic carbocycles. The molecule has 0 radical (unpaired) electrons. The molecule has 110 valence electrons. The molecule has 0 saturated heterocycles. The Morgan fingerprint density at radius 2 is 2.00 bits per heavy atom. The second-order valence-electron chi connectivity index (χ2n) is 6.83. The summed E-state index contributed by atoms with van der Waals surface area (Å²) >= 11 is 0. The maximum absolute atomic E-state index is 12.4. The summed E-state index contributed by atoms with van der Waals surface area (Å²) in [6.45, 7) is 4.49. The van der Waals surface area contributed by atoms with E-state index in [1.165, 1.54) is 32.1 Å². The van der Waals surface area contributed by atoms with Crippen molar-refractivity contribution in [2.75, 3.05) is 0 Å². The Balaban J connectivity index is 1.85. The molecule has 2 rings (SSSR count). The largest absolute Gasteiger partial charge is 0.353 e. The number of carbonyl (C=O) groups is 1. The third-order valence-corrected chi connectivity index (χ3v) is 5.21. The summed E-state index contributed by atoms with van der Waals surface area (Å²) in [5.41, 5.74) is 6.14. The summed E-state index contributed by atoms with van der Waals surface area (Å²) in [7, 11) is 0. The minimum Gasteiger partial charge on any atom is -0.353 e. The summed E-state index contributed by atoms with van der Waals surface area (Å²) in [4.78, 5) is 12.4. The average molecular weight is 266 g/mol. The minimum atomic E-state index is 0.0470.